The van der Waals surface area contributed by atoms with Gasteiger partial charge in [-0.3, -0.25) is 4.79 Å². The average Bonchev–Trinajstić information content (AvgIpc) is 3.17. The first-order chi connectivity index (χ1) is 14.6. The molecule has 6 heteroatoms. The number of hydrogen-bond acceptors (Lipinski definition) is 3. The quantitative estimate of drug-likeness (QED) is 0.404. The van der Waals surface area contributed by atoms with Crippen molar-refractivity contribution in [2.75, 3.05) is 11.9 Å². The summed E-state index contributed by atoms with van der Waals surface area (Å²) in [6.07, 6.45) is 0. The Morgan fingerprint density at radius 3 is 2.57 bits per heavy atom. The minimum atomic E-state index is -0.255. The first-order valence-corrected chi connectivity index (χ1v) is 10.3. The number of hydrogen-bond donors (Lipinski definition) is 1. The number of aryl methyl sites for hydroxylation is 1. The van der Waals surface area contributed by atoms with E-state index in [0.717, 1.165) is 27.0 Å². The van der Waals surface area contributed by atoms with Gasteiger partial charge < -0.3 is 10.1 Å². The van der Waals surface area contributed by atoms with Crippen LogP contribution < -0.4 is 10.1 Å². The summed E-state index contributed by atoms with van der Waals surface area (Å²) < 4.78 is 8.31. The molecule has 0 saturated carbocycles. The molecule has 4 rings (SSSR count). The van der Waals surface area contributed by atoms with Crippen molar-refractivity contribution in [2.24, 2.45) is 0 Å². The highest BCUT2D eigenvalue weighted by Gasteiger charge is 2.14. The van der Waals surface area contributed by atoms with E-state index < -0.39 is 0 Å². The molecule has 0 aliphatic rings. The molecule has 0 bridgehead atoms. The molecule has 0 atom stereocenters. The van der Waals surface area contributed by atoms with E-state index in [2.05, 4.69) is 21.2 Å². The number of halogens is 1. The molecule has 150 valence electrons. The summed E-state index contributed by atoms with van der Waals surface area (Å²) in [5.74, 6) is 0.986. The third-order valence-corrected chi connectivity index (χ3v) is 4.95. The zero-order chi connectivity index (χ0) is 20.9. The first kappa shape index (κ1) is 19.9. The van der Waals surface area contributed by atoms with Crippen molar-refractivity contribution >= 4 is 27.7 Å². The van der Waals surface area contributed by atoms with E-state index in [1.165, 1.54) is 0 Å². The lowest BCUT2D eigenvalue weighted by molar-refractivity contribution is -0.118. The van der Waals surface area contributed by atoms with Crippen LogP contribution in [-0.2, 0) is 4.79 Å². The zero-order valence-electron chi connectivity index (χ0n) is 16.4. The maximum atomic E-state index is 12.6. The summed E-state index contributed by atoms with van der Waals surface area (Å²) in [5.41, 5.74) is 3.64. The monoisotopic (exact) mass is 461 g/mol. The molecule has 1 aromatic heterocycles. The molecule has 1 heterocycles. The summed E-state index contributed by atoms with van der Waals surface area (Å²) >= 11 is 3.50. The van der Waals surface area contributed by atoms with Crippen LogP contribution in [0.15, 0.2) is 89.4 Å². The number of para-hydroxylation sites is 1. The Kier molecular flexibility index (Phi) is 5.95. The Hall–Kier alpha value is -3.38. The van der Waals surface area contributed by atoms with Crippen LogP contribution in [0.4, 0.5) is 5.82 Å². The first-order valence-electron chi connectivity index (χ1n) is 9.49. The van der Waals surface area contributed by atoms with Gasteiger partial charge in [-0.25, -0.2) is 4.68 Å². The predicted molar refractivity (Wildman–Crippen MR) is 122 cm³/mol. The van der Waals surface area contributed by atoms with Crippen LogP contribution >= 0.6 is 15.9 Å². The zero-order valence-corrected chi connectivity index (χ0v) is 18.0. The van der Waals surface area contributed by atoms with Gasteiger partial charge in [-0.05, 0) is 48.9 Å². The van der Waals surface area contributed by atoms with Gasteiger partial charge in [0.2, 0.25) is 0 Å². The smallest absolute Gasteiger partial charge is 0.263 e. The second-order valence-electron chi connectivity index (χ2n) is 6.83. The molecule has 0 unspecified atom stereocenters. The van der Waals surface area contributed by atoms with E-state index in [1.54, 1.807) is 4.68 Å². The summed E-state index contributed by atoms with van der Waals surface area (Å²) in [6, 6.07) is 27.0. The fraction of sp³-hybridized carbons (Fsp3) is 0.0833. The van der Waals surface area contributed by atoms with Gasteiger partial charge in [0.1, 0.15) is 11.6 Å². The number of amides is 1. The third kappa shape index (κ3) is 4.78. The standard InChI is InChI=1S/C24H20BrN3O2/c1-17-7-5-12-21(13-17)30-16-24(29)26-23-15-22(18-8-6-9-19(25)14-18)27-28(23)20-10-3-2-4-11-20/h2-15H,16H2,1H3,(H,26,29). The minimum absolute atomic E-state index is 0.0877. The Bertz CT molecular complexity index is 1170. The Morgan fingerprint density at radius 1 is 1.00 bits per heavy atom. The van der Waals surface area contributed by atoms with Crippen molar-refractivity contribution in [3.05, 3.63) is 95.0 Å². The van der Waals surface area contributed by atoms with Crippen molar-refractivity contribution in [3.63, 3.8) is 0 Å². The number of rotatable bonds is 6. The van der Waals surface area contributed by atoms with Crippen LogP contribution in [-0.4, -0.2) is 22.3 Å². The van der Waals surface area contributed by atoms with Gasteiger partial charge >= 0.3 is 0 Å². The number of anilines is 1. The van der Waals surface area contributed by atoms with Crippen LogP contribution in [0.3, 0.4) is 0 Å². The minimum Gasteiger partial charge on any atom is -0.484 e. The number of carbonyl (C=O) groups excluding carboxylic acids is 1. The molecule has 0 aliphatic carbocycles. The van der Waals surface area contributed by atoms with E-state index in [1.807, 2.05) is 91.9 Å². The molecule has 1 amide bonds. The molecule has 0 radical (unpaired) electrons. The molecule has 1 N–H and O–H groups in total. The van der Waals surface area contributed by atoms with Crippen LogP contribution in [0.25, 0.3) is 16.9 Å². The molecule has 0 fully saturated rings. The molecular formula is C24H20BrN3O2. The lowest BCUT2D eigenvalue weighted by Crippen LogP contribution is -2.21. The van der Waals surface area contributed by atoms with Gasteiger partial charge in [0.25, 0.3) is 5.91 Å². The van der Waals surface area contributed by atoms with Gasteiger partial charge in [-0.1, -0.05) is 58.4 Å². The van der Waals surface area contributed by atoms with Crippen molar-refractivity contribution in [1.82, 2.24) is 9.78 Å². The van der Waals surface area contributed by atoms with E-state index in [0.29, 0.717) is 11.6 Å². The van der Waals surface area contributed by atoms with E-state index >= 15 is 0 Å². The molecule has 4 aromatic rings. The van der Waals surface area contributed by atoms with Crippen LogP contribution in [0, 0.1) is 6.92 Å². The molecule has 30 heavy (non-hydrogen) atoms. The van der Waals surface area contributed by atoms with Gasteiger partial charge in [0, 0.05) is 16.1 Å². The SMILES string of the molecule is Cc1cccc(OCC(=O)Nc2cc(-c3cccc(Br)c3)nn2-c2ccccc2)c1. The lowest BCUT2D eigenvalue weighted by Gasteiger charge is -2.10. The molecular weight excluding hydrogens is 442 g/mol. The number of aromatic nitrogens is 2. The van der Waals surface area contributed by atoms with E-state index in [-0.39, 0.29) is 12.5 Å². The molecule has 5 nitrogen and oxygen atoms in total. The number of nitrogens with one attached hydrogen (secondary N) is 1. The number of carbonyl (C=O) groups is 1. The van der Waals surface area contributed by atoms with Crippen LogP contribution in [0.2, 0.25) is 0 Å². The fourth-order valence-corrected chi connectivity index (χ4v) is 3.46. The second-order valence-corrected chi connectivity index (χ2v) is 7.74. The Balaban J connectivity index is 1.58. The maximum Gasteiger partial charge on any atom is 0.263 e. The third-order valence-electron chi connectivity index (χ3n) is 4.46. The second kappa shape index (κ2) is 8.97. The summed E-state index contributed by atoms with van der Waals surface area (Å²) in [5, 5.41) is 7.64. The highest BCUT2D eigenvalue weighted by molar-refractivity contribution is 9.10. The topological polar surface area (TPSA) is 56.1 Å². The molecule has 0 spiro atoms. The largest absolute Gasteiger partial charge is 0.484 e. The highest BCUT2D eigenvalue weighted by Crippen LogP contribution is 2.27. The lowest BCUT2D eigenvalue weighted by atomic mass is 10.1. The normalized spacial score (nSPS) is 10.6. The number of benzene rings is 3. The van der Waals surface area contributed by atoms with E-state index in [9.17, 15) is 4.79 Å². The highest BCUT2D eigenvalue weighted by atomic mass is 79.9. The van der Waals surface area contributed by atoms with Crippen LogP contribution in [0.5, 0.6) is 5.75 Å². The maximum absolute atomic E-state index is 12.6. The molecule has 3 aromatic carbocycles. The molecule has 0 saturated heterocycles. The number of nitrogens with zero attached hydrogens (tertiary/aromatic N) is 2. The van der Waals surface area contributed by atoms with Crippen molar-refractivity contribution in [1.29, 1.82) is 0 Å². The van der Waals surface area contributed by atoms with Crippen molar-refractivity contribution < 1.29 is 9.53 Å². The van der Waals surface area contributed by atoms with Gasteiger partial charge in [-0.2, -0.15) is 5.10 Å². The fourth-order valence-electron chi connectivity index (χ4n) is 3.06. The van der Waals surface area contributed by atoms with Crippen LogP contribution in [0.1, 0.15) is 5.56 Å². The summed E-state index contributed by atoms with van der Waals surface area (Å²) in [7, 11) is 0. The Morgan fingerprint density at radius 2 is 1.80 bits per heavy atom. The Labute approximate surface area is 183 Å². The van der Waals surface area contributed by atoms with E-state index in [4.69, 9.17) is 9.84 Å². The summed E-state index contributed by atoms with van der Waals surface area (Å²) in [6.45, 7) is 1.89. The predicted octanol–water partition coefficient (Wildman–Crippen LogP) is 5.63. The van der Waals surface area contributed by atoms with Gasteiger partial charge in [0.15, 0.2) is 6.61 Å². The van der Waals surface area contributed by atoms with Crippen molar-refractivity contribution in [3.8, 4) is 22.7 Å². The average molecular weight is 462 g/mol. The summed E-state index contributed by atoms with van der Waals surface area (Å²) in [4.78, 5) is 12.6. The van der Waals surface area contributed by atoms with Gasteiger partial charge in [-0.15, -0.1) is 0 Å². The molecule has 0 aliphatic heterocycles. The number of ether oxygens (including phenoxy) is 1. The van der Waals surface area contributed by atoms with Gasteiger partial charge in [0.05, 0.1) is 11.4 Å². The van der Waals surface area contributed by atoms with Crippen molar-refractivity contribution in [2.45, 2.75) is 6.92 Å².